The molecule has 124 valence electrons. The van der Waals surface area contributed by atoms with E-state index in [2.05, 4.69) is 4.74 Å². The van der Waals surface area contributed by atoms with Crippen molar-refractivity contribution < 1.29 is 37.0 Å². The van der Waals surface area contributed by atoms with Gasteiger partial charge in [0.2, 0.25) is 0 Å². The van der Waals surface area contributed by atoms with Crippen molar-refractivity contribution in [1.82, 2.24) is 4.57 Å². The lowest BCUT2D eigenvalue weighted by Crippen LogP contribution is -2.18. The van der Waals surface area contributed by atoms with Gasteiger partial charge in [-0.05, 0) is 30.2 Å². The summed E-state index contributed by atoms with van der Waals surface area (Å²) >= 11 is 0. The molecule has 23 heavy (non-hydrogen) atoms. The number of ether oxygens (including phenoxy) is 1. The number of aromatic carboxylic acids is 1. The minimum absolute atomic E-state index is 0.00461. The first-order valence-electron chi connectivity index (χ1n) is 6.36. The molecule has 1 aromatic carbocycles. The maximum absolute atomic E-state index is 13.6. The first-order valence-corrected chi connectivity index (χ1v) is 6.36. The monoisotopic (exact) mass is 333 g/mol. The summed E-state index contributed by atoms with van der Waals surface area (Å²) in [5.41, 5.74) is -0.763. The fourth-order valence-electron chi connectivity index (χ4n) is 2.30. The molecule has 9 heteroatoms. The van der Waals surface area contributed by atoms with E-state index in [1.165, 1.54) is 0 Å². The van der Waals surface area contributed by atoms with Gasteiger partial charge in [-0.15, -0.1) is 0 Å². The van der Waals surface area contributed by atoms with E-state index in [0.717, 1.165) is 25.3 Å². The van der Waals surface area contributed by atoms with E-state index < -0.39 is 42.6 Å². The van der Waals surface area contributed by atoms with Gasteiger partial charge in [-0.2, -0.15) is 13.2 Å². The van der Waals surface area contributed by atoms with Crippen molar-refractivity contribution >= 4 is 23.0 Å². The van der Waals surface area contributed by atoms with Gasteiger partial charge in [0.05, 0.1) is 12.6 Å². The van der Waals surface area contributed by atoms with E-state index in [1.807, 2.05) is 0 Å². The number of carboxylic acids is 1. The SMILES string of the molecule is COC(=O)n1c(C(=O)O)cc2cc(F)cc(CCC(F)(F)F)c21. The zero-order valence-corrected chi connectivity index (χ0v) is 11.8. The molecule has 0 saturated carbocycles. The van der Waals surface area contributed by atoms with Crippen LogP contribution in [-0.2, 0) is 11.2 Å². The third kappa shape index (κ3) is 3.43. The largest absolute Gasteiger partial charge is 0.477 e. The summed E-state index contributed by atoms with van der Waals surface area (Å²) in [7, 11) is 0.999. The van der Waals surface area contributed by atoms with Gasteiger partial charge in [0.1, 0.15) is 11.5 Å². The van der Waals surface area contributed by atoms with Crippen molar-refractivity contribution in [1.29, 1.82) is 0 Å². The number of nitrogens with zero attached hydrogens (tertiary/aromatic N) is 1. The Bertz CT molecular complexity index is 779. The van der Waals surface area contributed by atoms with Crippen molar-refractivity contribution in [3.05, 3.63) is 35.3 Å². The predicted molar refractivity (Wildman–Crippen MR) is 71.0 cm³/mol. The lowest BCUT2D eigenvalue weighted by molar-refractivity contribution is -0.133. The van der Waals surface area contributed by atoms with Crippen LogP contribution in [0.25, 0.3) is 10.9 Å². The molecule has 0 spiro atoms. The second-order valence-electron chi connectivity index (χ2n) is 4.76. The molecule has 1 heterocycles. The zero-order valence-electron chi connectivity index (χ0n) is 11.8. The number of carbonyl (C=O) groups excluding carboxylic acids is 1. The summed E-state index contributed by atoms with van der Waals surface area (Å²) in [6.45, 7) is 0. The summed E-state index contributed by atoms with van der Waals surface area (Å²) in [6, 6.07) is 2.80. The summed E-state index contributed by atoms with van der Waals surface area (Å²) in [5.74, 6) is -2.32. The highest BCUT2D eigenvalue weighted by molar-refractivity contribution is 6.01. The quantitative estimate of drug-likeness (QED) is 0.872. The number of benzene rings is 1. The van der Waals surface area contributed by atoms with Crippen molar-refractivity contribution in [2.24, 2.45) is 0 Å². The minimum atomic E-state index is -4.48. The number of halogens is 4. The van der Waals surface area contributed by atoms with Crippen LogP contribution in [0.4, 0.5) is 22.4 Å². The normalized spacial score (nSPS) is 11.7. The molecule has 2 rings (SSSR count). The fraction of sp³-hybridized carbons (Fsp3) is 0.286. The van der Waals surface area contributed by atoms with Gasteiger partial charge in [0.25, 0.3) is 0 Å². The molecule has 5 nitrogen and oxygen atoms in total. The Morgan fingerprint density at radius 1 is 1.26 bits per heavy atom. The molecule has 0 atom stereocenters. The van der Waals surface area contributed by atoms with Crippen LogP contribution in [0.3, 0.4) is 0 Å². The molecule has 0 fully saturated rings. The molecule has 0 unspecified atom stereocenters. The highest BCUT2D eigenvalue weighted by Crippen LogP contribution is 2.29. The van der Waals surface area contributed by atoms with Gasteiger partial charge in [-0.25, -0.2) is 18.5 Å². The number of aromatic nitrogens is 1. The van der Waals surface area contributed by atoms with Crippen LogP contribution >= 0.6 is 0 Å². The number of carbonyl (C=O) groups is 2. The van der Waals surface area contributed by atoms with E-state index >= 15 is 0 Å². The van der Waals surface area contributed by atoms with Gasteiger partial charge in [0, 0.05) is 11.8 Å². The van der Waals surface area contributed by atoms with E-state index in [1.54, 1.807) is 0 Å². The highest BCUT2D eigenvalue weighted by atomic mass is 19.4. The number of aryl methyl sites for hydroxylation is 1. The van der Waals surface area contributed by atoms with E-state index in [0.29, 0.717) is 4.57 Å². The van der Waals surface area contributed by atoms with Crippen LogP contribution in [0.1, 0.15) is 22.5 Å². The predicted octanol–water partition coefficient (Wildman–Crippen LogP) is 3.59. The molecule has 1 N–H and O–H groups in total. The number of rotatable bonds is 3. The Labute approximate surface area is 127 Å². The highest BCUT2D eigenvalue weighted by Gasteiger charge is 2.29. The molecule has 0 aliphatic carbocycles. The minimum Gasteiger partial charge on any atom is -0.477 e. The zero-order chi connectivity index (χ0) is 17.4. The maximum atomic E-state index is 13.6. The average molecular weight is 333 g/mol. The van der Waals surface area contributed by atoms with Gasteiger partial charge >= 0.3 is 18.2 Å². The first kappa shape index (κ1) is 16.8. The summed E-state index contributed by atoms with van der Waals surface area (Å²) in [6.07, 6.45) is -7.40. The third-order valence-corrected chi connectivity index (χ3v) is 3.19. The Morgan fingerprint density at radius 3 is 2.43 bits per heavy atom. The number of fused-ring (bicyclic) bond motifs is 1. The average Bonchev–Trinajstić information content (AvgIpc) is 2.82. The van der Waals surface area contributed by atoms with Crippen LogP contribution < -0.4 is 0 Å². The molecule has 0 saturated heterocycles. The second kappa shape index (κ2) is 5.90. The molecule has 0 aliphatic heterocycles. The van der Waals surface area contributed by atoms with Crippen molar-refractivity contribution in [3.63, 3.8) is 0 Å². The summed E-state index contributed by atoms with van der Waals surface area (Å²) in [4.78, 5) is 23.0. The topological polar surface area (TPSA) is 68.5 Å². The van der Waals surface area contributed by atoms with E-state index in [4.69, 9.17) is 5.11 Å². The van der Waals surface area contributed by atoms with Crippen LogP contribution in [0.5, 0.6) is 0 Å². The van der Waals surface area contributed by atoms with Crippen LogP contribution in [0.2, 0.25) is 0 Å². The Kier molecular flexibility index (Phi) is 4.31. The molecule has 2 aromatic rings. The first-order chi connectivity index (χ1) is 10.6. The summed E-state index contributed by atoms with van der Waals surface area (Å²) < 4.78 is 55.9. The van der Waals surface area contributed by atoms with E-state index in [9.17, 15) is 27.2 Å². The number of hydrogen-bond donors (Lipinski definition) is 1. The van der Waals surface area contributed by atoms with Crippen molar-refractivity contribution in [2.45, 2.75) is 19.0 Å². The molecule has 0 amide bonds. The number of hydrogen-bond acceptors (Lipinski definition) is 3. The smallest absolute Gasteiger partial charge is 0.418 e. The number of carboxylic acid groups (broad SMARTS) is 1. The number of alkyl halides is 3. The van der Waals surface area contributed by atoms with Crippen LogP contribution in [-0.4, -0.2) is 35.0 Å². The molecule has 0 radical (unpaired) electrons. The van der Waals surface area contributed by atoms with Gasteiger partial charge in [-0.3, -0.25) is 0 Å². The van der Waals surface area contributed by atoms with Crippen molar-refractivity contribution in [3.8, 4) is 0 Å². The molecular weight excluding hydrogens is 322 g/mol. The Hall–Kier alpha value is -2.58. The fourth-order valence-corrected chi connectivity index (χ4v) is 2.30. The van der Waals surface area contributed by atoms with E-state index in [-0.39, 0.29) is 16.5 Å². The standard InChI is InChI=1S/C14H11F4NO4/c1-23-13(22)19-10(12(20)21)6-8-5-9(15)4-7(11(8)19)2-3-14(16,17)18/h4-6H,2-3H2,1H3,(H,20,21). The number of methoxy groups -OCH3 is 1. The maximum Gasteiger partial charge on any atom is 0.418 e. The second-order valence-corrected chi connectivity index (χ2v) is 4.76. The van der Waals surface area contributed by atoms with Crippen LogP contribution in [0, 0.1) is 5.82 Å². The Balaban J connectivity index is 2.70. The molecule has 1 aromatic heterocycles. The molecular formula is C14H11F4NO4. The molecule has 0 aliphatic rings. The van der Waals surface area contributed by atoms with Gasteiger partial charge < -0.3 is 9.84 Å². The molecule has 0 bridgehead atoms. The van der Waals surface area contributed by atoms with Crippen LogP contribution in [0.15, 0.2) is 18.2 Å². The lowest BCUT2D eigenvalue weighted by Gasteiger charge is -2.11. The lowest BCUT2D eigenvalue weighted by atomic mass is 10.1. The summed E-state index contributed by atoms with van der Waals surface area (Å²) in [5, 5.41) is 9.13. The Morgan fingerprint density at radius 2 is 1.91 bits per heavy atom. The van der Waals surface area contributed by atoms with Crippen molar-refractivity contribution in [2.75, 3.05) is 7.11 Å². The van der Waals surface area contributed by atoms with Gasteiger partial charge in [0.15, 0.2) is 0 Å². The third-order valence-electron chi connectivity index (χ3n) is 3.19. The van der Waals surface area contributed by atoms with Gasteiger partial charge in [-0.1, -0.05) is 0 Å².